The number of hydrogen-bond acceptors (Lipinski definition) is 8. The number of aromatic nitrogens is 2. The number of phenolic OH excluding ortho intramolecular Hbond substituents is 1. The fourth-order valence-electron chi connectivity index (χ4n) is 5.31. The van der Waals surface area contributed by atoms with Gasteiger partial charge in [-0.15, -0.1) is 0 Å². The van der Waals surface area contributed by atoms with E-state index in [9.17, 15) is 19.5 Å². The Labute approximate surface area is 213 Å². The van der Waals surface area contributed by atoms with Crippen LogP contribution in [0, 0.1) is 0 Å². The number of carbonyl (C=O) groups is 2. The van der Waals surface area contributed by atoms with Crippen molar-refractivity contribution in [3.63, 3.8) is 0 Å². The number of pyridine rings is 2. The van der Waals surface area contributed by atoms with Gasteiger partial charge in [0.15, 0.2) is 0 Å². The maximum absolute atomic E-state index is 13.7. The van der Waals surface area contributed by atoms with Crippen molar-refractivity contribution >= 4 is 23.0 Å². The SMILES string of the molecule is CCc1c2c(nc3ccc(O)cc13)-c1cc3c(c(=O)n1C2)COC(=O)[C@@]3(CC)OC(=O)N(C)CCNC. The van der Waals surface area contributed by atoms with E-state index in [1.165, 1.54) is 4.90 Å². The monoisotopic (exact) mass is 506 g/mol. The van der Waals surface area contributed by atoms with Crippen molar-refractivity contribution in [1.29, 1.82) is 0 Å². The zero-order valence-electron chi connectivity index (χ0n) is 21.4. The quantitative estimate of drug-likeness (QED) is 0.383. The predicted molar refractivity (Wildman–Crippen MR) is 136 cm³/mol. The lowest BCUT2D eigenvalue weighted by molar-refractivity contribution is -0.173. The minimum absolute atomic E-state index is 0.102. The number of hydrogen-bond donors (Lipinski definition) is 2. The molecule has 1 aromatic carbocycles. The highest BCUT2D eigenvalue weighted by atomic mass is 16.6. The van der Waals surface area contributed by atoms with Gasteiger partial charge < -0.3 is 29.4 Å². The maximum atomic E-state index is 13.7. The molecular formula is C27H30N4O6. The highest BCUT2D eigenvalue weighted by Gasteiger charge is 2.51. The van der Waals surface area contributed by atoms with Gasteiger partial charge in [-0.05, 0) is 49.7 Å². The van der Waals surface area contributed by atoms with Crippen LogP contribution >= 0.6 is 0 Å². The molecule has 194 valence electrons. The van der Waals surface area contributed by atoms with E-state index in [4.69, 9.17) is 14.5 Å². The minimum atomic E-state index is -1.74. The molecule has 2 N–H and O–H groups in total. The molecule has 4 heterocycles. The molecule has 1 amide bonds. The van der Waals surface area contributed by atoms with Crippen molar-refractivity contribution in [1.82, 2.24) is 19.8 Å². The molecule has 2 aliphatic heterocycles. The number of ether oxygens (including phenoxy) is 2. The van der Waals surface area contributed by atoms with Crippen LogP contribution in [-0.4, -0.2) is 58.8 Å². The summed E-state index contributed by atoms with van der Waals surface area (Å²) < 4.78 is 12.9. The summed E-state index contributed by atoms with van der Waals surface area (Å²) in [6, 6.07) is 6.78. The molecule has 0 aliphatic carbocycles. The van der Waals surface area contributed by atoms with Gasteiger partial charge in [-0.2, -0.15) is 0 Å². The first-order valence-electron chi connectivity index (χ1n) is 12.4. The number of nitrogens with one attached hydrogen (secondary N) is 1. The summed E-state index contributed by atoms with van der Waals surface area (Å²) in [6.45, 7) is 4.80. The third-order valence-electron chi connectivity index (χ3n) is 7.38. The van der Waals surface area contributed by atoms with Crippen LogP contribution < -0.4 is 10.9 Å². The maximum Gasteiger partial charge on any atom is 0.411 e. The molecular weight excluding hydrogens is 476 g/mol. The summed E-state index contributed by atoms with van der Waals surface area (Å²) in [5.41, 5.74) is 2.41. The van der Waals surface area contributed by atoms with Crippen LogP contribution in [0.1, 0.15) is 42.5 Å². The van der Waals surface area contributed by atoms with E-state index in [0.717, 1.165) is 16.5 Å². The average molecular weight is 507 g/mol. The fraction of sp³-hybridized carbons (Fsp3) is 0.407. The number of aryl methyl sites for hydroxylation is 1. The third-order valence-corrected chi connectivity index (χ3v) is 7.38. The summed E-state index contributed by atoms with van der Waals surface area (Å²) >= 11 is 0. The molecule has 5 rings (SSSR count). The van der Waals surface area contributed by atoms with E-state index in [0.29, 0.717) is 54.1 Å². The van der Waals surface area contributed by atoms with Crippen LogP contribution in [-0.2, 0) is 39.4 Å². The van der Waals surface area contributed by atoms with Crippen molar-refractivity contribution in [3.8, 4) is 17.1 Å². The van der Waals surface area contributed by atoms with Gasteiger partial charge in [0.1, 0.15) is 12.4 Å². The molecule has 0 saturated heterocycles. The molecule has 2 aliphatic rings. The summed E-state index contributed by atoms with van der Waals surface area (Å²) in [6.07, 6.45) is 0.106. The molecule has 37 heavy (non-hydrogen) atoms. The largest absolute Gasteiger partial charge is 0.508 e. The number of rotatable bonds is 6. The van der Waals surface area contributed by atoms with Gasteiger partial charge in [0.05, 0.1) is 29.0 Å². The van der Waals surface area contributed by atoms with Crippen molar-refractivity contribution in [3.05, 3.63) is 56.9 Å². The Hall–Kier alpha value is -3.92. The summed E-state index contributed by atoms with van der Waals surface area (Å²) in [7, 11) is 3.36. The van der Waals surface area contributed by atoms with E-state index < -0.39 is 17.7 Å². The van der Waals surface area contributed by atoms with Crippen molar-refractivity contribution in [2.75, 3.05) is 27.2 Å². The fourth-order valence-corrected chi connectivity index (χ4v) is 5.31. The Morgan fingerprint density at radius 2 is 2.05 bits per heavy atom. The lowest BCUT2D eigenvalue weighted by Crippen LogP contribution is -2.49. The van der Waals surface area contributed by atoms with Crippen LogP contribution in [0.15, 0.2) is 29.1 Å². The van der Waals surface area contributed by atoms with Gasteiger partial charge in [-0.25, -0.2) is 14.6 Å². The van der Waals surface area contributed by atoms with E-state index in [2.05, 4.69) is 5.32 Å². The number of carbonyl (C=O) groups excluding carboxylic acids is 2. The van der Waals surface area contributed by atoms with Gasteiger partial charge in [-0.1, -0.05) is 13.8 Å². The summed E-state index contributed by atoms with van der Waals surface area (Å²) in [5, 5.41) is 13.9. The second-order valence-corrected chi connectivity index (χ2v) is 9.44. The molecule has 3 aromatic rings. The Morgan fingerprint density at radius 1 is 1.27 bits per heavy atom. The van der Waals surface area contributed by atoms with Crippen molar-refractivity contribution in [2.24, 2.45) is 0 Å². The third kappa shape index (κ3) is 3.74. The van der Waals surface area contributed by atoms with E-state index in [1.807, 2.05) is 6.92 Å². The number of likely N-dealkylation sites (N-methyl/N-ethyl adjacent to an activating group) is 2. The molecule has 10 heteroatoms. The molecule has 0 fully saturated rings. The number of esters is 1. The van der Waals surface area contributed by atoms with E-state index in [-0.39, 0.29) is 24.3 Å². The number of benzene rings is 1. The van der Waals surface area contributed by atoms with Crippen LogP contribution in [0.5, 0.6) is 5.75 Å². The van der Waals surface area contributed by atoms with Crippen LogP contribution in [0.2, 0.25) is 0 Å². The van der Waals surface area contributed by atoms with Gasteiger partial charge in [0.25, 0.3) is 5.56 Å². The average Bonchev–Trinajstić information content (AvgIpc) is 3.26. The standard InChI is InChI=1S/C27H30N4O6/c1-5-16-17-11-15(32)7-8-21(17)29-23-18(16)13-31-22(23)12-20-19(24(31)33)14-36-25(34)27(20,6-2)37-26(35)30(4)10-9-28-3/h7-8,11-12,28,32H,5-6,9-10,13-14H2,1-4H3/t27-/m0/s1. The van der Waals surface area contributed by atoms with Crippen LogP contribution in [0.4, 0.5) is 4.79 Å². The molecule has 0 radical (unpaired) electrons. The number of nitrogens with zero attached hydrogens (tertiary/aromatic N) is 3. The first-order valence-corrected chi connectivity index (χ1v) is 12.4. The second kappa shape index (κ2) is 9.19. The topological polar surface area (TPSA) is 123 Å². The van der Waals surface area contributed by atoms with Crippen LogP contribution in [0.3, 0.4) is 0 Å². The van der Waals surface area contributed by atoms with Gasteiger partial charge >= 0.3 is 12.1 Å². The highest BCUT2D eigenvalue weighted by molar-refractivity contribution is 5.90. The Morgan fingerprint density at radius 3 is 2.76 bits per heavy atom. The highest BCUT2D eigenvalue weighted by Crippen LogP contribution is 2.42. The summed E-state index contributed by atoms with van der Waals surface area (Å²) in [5.74, 6) is -0.548. The molecule has 0 saturated carbocycles. The van der Waals surface area contributed by atoms with E-state index in [1.54, 1.807) is 49.9 Å². The van der Waals surface area contributed by atoms with Crippen LogP contribution in [0.25, 0.3) is 22.3 Å². The first-order chi connectivity index (χ1) is 17.7. The predicted octanol–water partition coefficient (Wildman–Crippen LogP) is 2.64. The van der Waals surface area contributed by atoms with Gasteiger partial charge in [-0.3, -0.25) is 4.79 Å². The Bertz CT molecular complexity index is 1500. The number of cyclic esters (lactones) is 1. The number of aromatic hydroxyl groups is 1. The molecule has 10 nitrogen and oxygen atoms in total. The smallest absolute Gasteiger partial charge is 0.411 e. The number of fused-ring (bicyclic) bond motifs is 5. The summed E-state index contributed by atoms with van der Waals surface area (Å²) in [4.78, 5) is 46.1. The second-order valence-electron chi connectivity index (χ2n) is 9.44. The lowest BCUT2D eigenvalue weighted by atomic mass is 9.85. The molecule has 2 aromatic heterocycles. The van der Waals surface area contributed by atoms with Gasteiger partial charge in [0, 0.05) is 36.7 Å². The zero-order chi connectivity index (χ0) is 26.5. The lowest BCUT2D eigenvalue weighted by Gasteiger charge is -2.36. The first kappa shape index (κ1) is 24.8. The number of phenols is 1. The van der Waals surface area contributed by atoms with Crippen molar-refractivity contribution < 1.29 is 24.2 Å². The Kier molecular flexibility index (Phi) is 6.15. The Balaban J connectivity index is 1.69. The molecule has 0 spiro atoms. The number of amides is 1. The zero-order valence-corrected chi connectivity index (χ0v) is 21.4. The van der Waals surface area contributed by atoms with Gasteiger partial charge in [0.2, 0.25) is 5.60 Å². The molecule has 0 unspecified atom stereocenters. The normalized spacial score (nSPS) is 17.7. The van der Waals surface area contributed by atoms with Crippen molar-refractivity contribution in [2.45, 2.75) is 45.4 Å². The van der Waals surface area contributed by atoms with E-state index >= 15 is 0 Å². The minimum Gasteiger partial charge on any atom is -0.508 e. The molecule has 1 atom stereocenters. The molecule has 0 bridgehead atoms.